The molecule has 0 unspecified atom stereocenters. The third-order valence-electron chi connectivity index (χ3n) is 2.35. The lowest BCUT2D eigenvalue weighted by molar-refractivity contribution is 0.101. The second kappa shape index (κ2) is 5.38. The van der Waals surface area contributed by atoms with Crippen molar-refractivity contribution in [2.24, 2.45) is 0 Å². The van der Waals surface area contributed by atoms with Gasteiger partial charge in [-0.2, -0.15) is 0 Å². The first-order valence-electron chi connectivity index (χ1n) is 5.16. The van der Waals surface area contributed by atoms with Gasteiger partial charge in [-0.25, -0.2) is 0 Å². The van der Waals surface area contributed by atoms with Crippen molar-refractivity contribution in [2.45, 2.75) is 16.9 Å². The summed E-state index contributed by atoms with van der Waals surface area (Å²) in [5.74, 6) is 0.944. The molecule has 1 heterocycles. The minimum atomic E-state index is 0.0207. The number of Topliss-reactive ketones (excluding diaryl/α,β-unsaturated/α-hetero) is 1. The van der Waals surface area contributed by atoms with Crippen molar-refractivity contribution in [1.82, 2.24) is 0 Å². The number of ketones is 1. The maximum absolute atomic E-state index is 11.3. The molecule has 0 fully saturated rings. The SMILES string of the molecule is CC(=O)c1ccc(O)c(CSc2cccs2)c1. The zero-order chi connectivity index (χ0) is 12.3. The largest absolute Gasteiger partial charge is 0.508 e. The molecule has 1 aromatic heterocycles. The standard InChI is InChI=1S/C13H12O2S2/c1-9(14)10-4-5-12(15)11(7-10)8-17-13-3-2-6-16-13/h2-7,15H,8H2,1H3. The van der Waals surface area contributed by atoms with Gasteiger partial charge in [-0.3, -0.25) is 4.79 Å². The topological polar surface area (TPSA) is 37.3 Å². The van der Waals surface area contributed by atoms with Crippen LogP contribution in [0.2, 0.25) is 0 Å². The van der Waals surface area contributed by atoms with Crippen LogP contribution < -0.4 is 0 Å². The Bertz CT molecular complexity index is 518. The van der Waals surface area contributed by atoms with Crippen molar-refractivity contribution in [3.05, 3.63) is 46.8 Å². The number of phenolic OH excluding ortho intramolecular Hbond substituents is 1. The fourth-order valence-corrected chi connectivity index (χ4v) is 3.18. The molecule has 0 radical (unpaired) electrons. The third-order valence-corrected chi connectivity index (χ3v) is 4.53. The van der Waals surface area contributed by atoms with E-state index in [1.54, 1.807) is 41.3 Å². The number of thioether (sulfide) groups is 1. The van der Waals surface area contributed by atoms with Gasteiger partial charge in [-0.15, -0.1) is 23.1 Å². The van der Waals surface area contributed by atoms with Crippen molar-refractivity contribution in [1.29, 1.82) is 0 Å². The molecule has 0 amide bonds. The zero-order valence-corrected chi connectivity index (χ0v) is 11.0. The molecule has 0 bridgehead atoms. The summed E-state index contributed by atoms with van der Waals surface area (Å²) in [6.07, 6.45) is 0. The fourth-order valence-electron chi connectivity index (χ4n) is 1.41. The molecule has 17 heavy (non-hydrogen) atoms. The fraction of sp³-hybridized carbons (Fsp3) is 0.154. The van der Waals surface area contributed by atoms with E-state index in [4.69, 9.17) is 0 Å². The van der Waals surface area contributed by atoms with E-state index < -0.39 is 0 Å². The maximum atomic E-state index is 11.3. The Morgan fingerprint density at radius 2 is 2.24 bits per heavy atom. The van der Waals surface area contributed by atoms with E-state index in [1.807, 2.05) is 17.5 Å². The van der Waals surface area contributed by atoms with Crippen LogP contribution in [0.25, 0.3) is 0 Å². The van der Waals surface area contributed by atoms with Gasteiger partial charge in [0.05, 0.1) is 4.21 Å². The maximum Gasteiger partial charge on any atom is 0.159 e. The lowest BCUT2D eigenvalue weighted by atomic mass is 10.1. The Morgan fingerprint density at radius 3 is 2.88 bits per heavy atom. The number of carbonyl (C=O) groups is 1. The Balaban J connectivity index is 2.14. The quantitative estimate of drug-likeness (QED) is 0.671. The molecule has 4 heteroatoms. The summed E-state index contributed by atoms with van der Waals surface area (Å²) in [7, 11) is 0. The number of thiophene rings is 1. The molecule has 2 aromatic rings. The summed E-state index contributed by atoms with van der Waals surface area (Å²) in [6, 6.07) is 9.04. The zero-order valence-electron chi connectivity index (χ0n) is 9.34. The van der Waals surface area contributed by atoms with E-state index in [0.717, 1.165) is 5.56 Å². The van der Waals surface area contributed by atoms with Crippen molar-refractivity contribution in [3.63, 3.8) is 0 Å². The highest BCUT2D eigenvalue weighted by Gasteiger charge is 2.06. The van der Waals surface area contributed by atoms with E-state index in [1.165, 1.54) is 11.1 Å². The highest BCUT2D eigenvalue weighted by atomic mass is 32.2. The summed E-state index contributed by atoms with van der Waals surface area (Å²) in [6.45, 7) is 1.53. The van der Waals surface area contributed by atoms with E-state index >= 15 is 0 Å². The summed E-state index contributed by atoms with van der Waals surface area (Å²) < 4.78 is 1.21. The van der Waals surface area contributed by atoms with Crippen LogP contribution in [0.5, 0.6) is 5.75 Å². The summed E-state index contributed by atoms with van der Waals surface area (Å²) in [5, 5.41) is 11.7. The molecule has 0 saturated heterocycles. The van der Waals surface area contributed by atoms with Gasteiger partial charge in [0.1, 0.15) is 5.75 Å². The Labute approximate surface area is 108 Å². The first kappa shape index (κ1) is 12.2. The number of hydrogen-bond acceptors (Lipinski definition) is 4. The molecule has 0 aliphatic carbocycles. The highest BCUT2D eigenvalue weighted by Crippen LogP contribution is 2.30. The molecule has 0 aliphatic rings. The normalized spacial score (nSPS) is 10.4. The van der Waals surface area contributed by atoms with Gasteiger partial charge in [0, 0.05) is 16.9 Å². The van der Waals surface area contributed by atoms with Crippen LogP contribution in [0.4, 0.5) is 0 Å². The van der Waals surface area contributed by atoms with Crippen LogP contribution in [-0.4, -0.2) is 10.9 Å². The Hall–Kier alpha value is -1.26. The van der Waals surface area contributed by atoms with Crippen molar-refractivity contribution in [3.8, 4) is 5.75 Å². The minimum Gasteiger partial charge on any atom is -0.508 e. The molecule has 0 atom stereocenters. The average molecular weight is 264 g/mol. The van der Waals surface area contributed by atoms with Crippen LogP contribution in [-0.2, 0) is 5.75 Å². The second-order valence-corrected chi connectivity index (χ2v) is 5.84. The van der Waals surface area contributed by atoms with Gasteiger partial charge in [0.25, 0.3) is 0 Å². The van der Waals surface area contributed by atoms with Gasteiger partial charge < -0.3 is 5.11 Å². The minimum absolute atomic E-state index is 0.0207. The highest BCUT2D eigenvalue weighted by molar-refractivity contribution is 8.00. The van der Waals surface area contributed by atoms with E-state index in [2.05, 4.69) is 0 Å². The molecule has 0 aliphatic heterocycles. The molecule has 0 spiro atoms. The van der Waals surface area contributed by atoms with E-state index in [-0.39, 0.29) is 11.5 Å². The van der Waals surface area contributed by atoms with Gasteiger partial charge in [0.2, 0.25) is 0 Å². The molecular formula is C13H12O2S2. The first-order valence-corrected chi connectivity index (χ1v) is 7.02. The first-order chi connectivity index (χ1) is 8.16. The molecule has 0 saturated carbocycles. The number of phenols is 1. The third kappa shape index (κ3) is 3.11. The lowest BCUT2D eigenvalue weighted by Gasteiger charge is -2.05. The van der Waals surface area contributed by atoms with Crippen molar-refractivity contribution < 1.29 is 9.90 Å². The Morgan fingerprint density at radius 1 is 1.41 bits per heavy atom. The molecule has 2 nitrogen and oxygen atoms in total. The molecular weight excluding hydrogens is 252 g/mol. The lowest BCUT2D eigenvalue weighted by Crippen LogP contribution is -1.93. The molecule has 88 valence electrons. The van der Waals surface area contributed by atoms with Gasteiger partial charge in [-0.1, -0.05) is 6.07 Å². The smallest absolute Gasteiger partial charge is 0.159 e. The molecule has 2 rings (SSSR count). The monoisotopic (exact) mass is 264 g/mol. The van der Waals surface area contributed by atoms with Crippen LogP contribution in [0.3, 0.4) is 0 Å². The van der Waals surface area contributed by atoms with Gasteiger partial charge in [0.15, 0.2) is 5.78 Å². The van der Waals surface area contributed by atoms with Crippen LogP contribution in [0.1, 0.15) is 22.8 Å². The number of rotatable bonds is 4. The summed E-state index contributed by atoms with van der Waals surface area (Å²) in [5.41, 5.74) is 1.45. The van der Waals surface area contributed by atoms with Gasteiger partial charge in [-0.05, 0) is 36.6 Å². The van der Waals surface area contributed by atoms with Crippen LogP contribution in [0, 0.1) is 0 Å². The number of benzene rings is 1. The molecule has 1 N–H and O–H groups in total. The molecule has 1 aromatic carbocycles. The second-order valence-electron chi connectivity index (χ2n) is 3.62. The number of hydrogen-bond donors (Lipinski definition) is 1. The summed E-state index contributed by atoms with van der Waals surface area (Å²) >= 11 is 3.33. The number of aromatic hydroxyl groups is 1. The number of carbonyl (C=O) groups excluding carboxylic acids is 1. The van der Waals surface area contributed by atoms with E-state index in [0.29, 0.717) is 11.3 Å². The van der Waals surface area contributed by atoms with Gasteiger partial charge >= 0.3 is 0 Å². The Kier molecular flexibility index (Phi) is 3.86. The predicted molar refractivity (Wildman–Crippen MR) is 72.0 cm³/mol. The summed E-state index contributed by atoms with van der Waals surface area (Å²) in [4.78, 5) is 11.3. The average Bonchev–Trinajstić information content (AvgIpc) is 2.80. The predicted octanol–water partition coefficient (Wildman–Crippen LogP) is 3.95. The van der Waals surface area contributed by atoms with E-state index in [9.17, 15) is 9.90 Å². The van der Waals surface area contributed by atoms with Crippen molar-refractivity contribution >= 4 is 28.9 Å². The van der Waals surface area contributed by atoms with Crippen LogP contribution in [0.15, 0.2) is 39.9 Å². The van der Waals surface area contributed by atoms with Crippen molar-refractivity contribution in [2.75, 3.05) is 0 Å². The van der Waals surface area contributed by atoms with Crippen LogP contribution >= 0.6 is 23.1 Å².